The van der Waals surface area contributed by atoms with Crippen molar-refractivity contribution in [1.29, 1.82) is 0 Å². The van der Waals surface area contributed by atoms with Crippen LogP contribution in [0.25, 0.3) is 11.1 Å². The van der Waals surface area contributed by atoms with Crippen LogP contribution in [-0.4, -0.2) is 16.6 Å². The number of halogens is 1. The number of oxazole rings is 1. The Morgan fingerprint density at radius 1 is 1.09 bits per heavy atom. The molecule has 0 spiro atoms. The quantitative estimate of drug-likeness (QED) is 0.324. The molecule has 0 fully saturated rings. The lowest BCUT2D eigenvalue weighted by molar-refractivity contribution is -0.115. The number of thioether (sulfide) groups is 1. The first-order chi connectivity index (χ1) is 15.4. The average Bonchev–Trinajstić information content (AvgIpc) is 3.20. The number of nitrogens with zero attached hydrogens (tertiary/aromatic N) is 1. The number of carbonyl (C=O) groups is 1. The fourth-order valence-corrected chi connectivity index (χ4v) is 4.28. The van der Waals surface area contributed by atoms with Crippen LogP contribution in [0.2, 0.25) is 0 Å². The van der Waals surface area contributed by atoms with Crippen molar-refractivity contribution in [1.82, 2.24) is 4.98 Å². The van der Waals surface area contributed by atoms with Gasteiger partial charge in [-0.3, -0.25) is 4.79 Å². The van der Waals surface area contributed by atoms with Gasteiger partial charge >= 0.3 is 0 Å². The van der Waals surface area contributed by atoms with Crippen molar-refractivity contribution in [3.05, 3.63) is 89.6 Å². The predicted octanol–water partition coefficient (Wildman–Crippen LogP) is 6.59. The number of fused-ring (bicyclic) bond motifs is 1. The van der Waals surface area contributed by atoms with Crippen LogP contribution in [0.1, 0.15) is 37.8 Å². The van der Waals surface area contributed by atoms with E-state index in [0.717, 1.165) is 16.8 Å². The minimum Gasteiger partial charge on any atom is -0.440 e. The molecule has 1 aromatic heterocycles. The Hall–Kier alpha value is -3.12. The summed E-state index contributed by atoms with van der Waals surface area (Å²) in [7, 11) is 0. The van der Waals surface area contributed by atoms with E-state index in [9.17, 15) is 4.79 Å². The monoisotopic (exact) mass is 448 g/mol. The molecule has 0 radical (unpaired) electrons. The van der Waals surface area contributed by atoms with Crippen LogP contribution >= 0.6 is 11.8 Å². The van der Waals surface area contributed by atoms with Gasteiger partial charge in [-0.25, -0.2) is 9.37 Å². The summed E-state index contributed by atoms with van der Waals surface area (Å²) in [6, 6.07) is 20.1. The number of nitrogens with one attached hydrogen (secondary N) is 1. The largest absolute Gasteiger partial charge is 0.440 e. The highest BCUT2D eigenvalue weighted by molar-refractivity contribution is 7.99. The van der Waals surface area contributed by atoms with E-state index in [1.807, 2.05) is 62.4 Å². The Morgan fingerprint density at radius 2 is 1.84 bits per heavy atom. The molecule has 4 rings (SSSR count). The second-order valence-corrected chi connectivity index (χ2v) is 9.45. The van der Waals surface area contributed by atoms with Gasteiger partial charge in [-0.1, -0.05) is 37.3 Å². The first-order valence-electron chi connectivity index (χ1n) is 10.5. The van der Waals surface area contributed by atoms with E-state index in [1.165, 1.54) is 11.0 Å². The number of carbonyl (C=O) groups excluding carboxylic acids is 1. The smallest absolute Gasteiger partial charge is 0.228 e. The van der Waals surface area contributed by atoms with Crippen LogP contribution < -0.4 is 5.32 Å². The van der Waals surface area contributed by atoms with E-state index in [0.29, 0.717) is 22.7 Å². The summed E-state index contributed by atoms with van der Waals surface area (Å²) in [6.07, 6.45) is 0.231. The van der Waals surface area contributed by atoms with Crippen molar-refractivity contribution in [2.75, 3.05) is 11.1 Å². The molecule has 0 aliphatic heterocycles. The molecule has 32 heavy (non-hydrogen) atoms. The zero-order valence-corrected chi connectivity index (χ0v) is 19.1. The number of benzene rings is 3. The van der Waals surface area contributed by atoms with Crippen LogP contribution in [-0.2, 0) is 16.6 Å². The number of hydrogen-bond acceptors (Lipinski definition) is 4. The van der Waals surface area contributed by atoms with Crippen molar-refractivity contribution in [3.63, 3.8) is 0 Å². The fourth-order valence-electron chi connectivity index (χ4n) is 3.62. The molecule has 6 heteroatoms. The van der Waals surface area contributed by atoms with Crippen molar-refractivity contribution in [2.45, 2.75) is 37.5 Å². The van der Waals surface area contributed by atoms with E-state index in [1.54, 1.807) is 23.9 Å². The molecule has 1 amide bonds. The van der Waals surface area contributed by atoms with Crippen LogP contribution in [0.15, 0.2) is 76.0 Å². The maximum absolute atomic E-state index is 15.1. The van der Waals surface area contributed by atoms with Crippen molar-refractivity contribution >= 4 is 34.5 Å². The summed E-state index contributed by atoms with van der Waals surface area (Å²) in [5.41, 5.74) is 2.41. The Balaban J connectivity index is 1.48. The van der Waals surface area contributed by atoms with Gasteiger partial charge in [-0.2, -0.15) is 0 Å². The lowest BCUT2D eigenvalue weighted by Gasteiger charge is -2.22. The third kappa shape index (κ3) is 4.70. The highest BCUT2D eigenvalue weighted by Gasteiger charge is 2.32. The van der Waals surface area contributed by atoms with Gasteiger partial charge in [0, 0.05) is 16.1 Å². The summed E-state index contributed by atoms with van der Waals surface area (Å²) in [5.74, 6) is 0.839. The van der Waals surface area contributed by atoms with Gasteiger partial charge in [0.1, 0.15) is 11.3 Å². The second-order valence-electron chi connectivity index (χ2n) is 8.11. The molecule has 1 N–H and O–H groups in total. The van der Waals surface area contributed by atoms with Gasteiger partial charge in [0.25, 0.3) is 0 Å². The molecular formula is C26H25FN2O2S. The predicted molar refractivity (Wildman–Crippen MR) is 128 cm³/mol. The number of rotatable bonds is 7. The maximum atomic E-state index is 15.1. The van der Waals surface area contributed by atoms with Crippen molar-refractivity contribution in [3.8, 4) is 0 Å². The van der Waals surface area contributed by atoms with Gasteiger partial charge in [-0.15, -0.1) is 11.8 Å². The molecular weight excluding hydrogens is 423 g/mol. The molecule has 0 aliphatic rings. The maximum Gasteiger partial charge on any atom is 0.228 e. The SMILES string of the molecule is CCSc1ccc(CC(=O)Nc2ccc(C(C)(C)c3nc4ccccc4o3)c(F)c2)cc1. The minimum atomic E-state index is -0.774. The zero-order chi connectivity index (χ0) is 22.7. The van der Waals surface area contributed by atoms with Crippen molar-refractivity contribution < 1.29 is 13.6 Å². The van der Waals surface area contributed by atoms with Gasteiger partial charge < -0.3 is 9.73 Å². The van der Waals surface area contributed by atoms with Gasteiger partial charge in [0.2, 0.25) is 11.8 Å². The van der Waals surface area contributed by atoms with Gasteiger partial charge in [-0.05, 0) is 61.6 Å². The Labute approximate surface area is 191 Å². The summed E-state index contributed by atoms with van der Waals surface area (Å²) in [6.45, 7) is 5.84. The second kappa shape index (κ2) is 9.17. The minimum absolute atomic E-state index is 0.189. The van der Waals surface area contributed by atoms with Crippen molar-refractivity contribution in [2.24, 2.45) is 0 Å². The Kier molecular flexibility index (Phi) is 6.33. The molecule has 1 heterocycles. The highest BCUT2D eigenvalue weighted by Crippen LogP contribution is 2.35. The number of amides is 1. The Morgan fingerprint density at radius 3 is 2.53 bits per heavy atom. The lowest BCUT2D eigenvalue weighted by Crippen LogP contribution is -2.21. The standard InChI is InChI=1S/C26H25FN2O2S/c1-4-32-19-12-9-17(10-13-19)15-24(30)28-18-11-14-20(21(27)16-18)26(2,3)25-29-22-7-5-6-8-23(22)31-25/h5-14,16H,4,15H2,1-3H3,(H,28,30). The molecule has 0 saturated heterocycles. The highest BCUT2D eigenvalue weighted by atomic mass is 32.2. The molecule has 4 nitrogen and oxygen atoms in total. The molecule has 0 saturated carbocycles. The molecule has 3 aromatic carbocycles. The summed E-state index contributed by atoms with van der Waals surface area (Å²) >= 11 is 1.76. The average molecular weight is 449 g/mol. The van der Waals surface area contributed by atoms with Crippen LogP contribution in [0.3, 0.4) is 0 Å². The fraction of sp³-hybridized carbons (Fsp3) is 0.231. The van der Waals surface area contributed by atoms with E-state index in [2.05, 4.69) is 17.2 Å². The third-order valence-electron chi connectivity index (χ3n) is 5.35. The molecule has 0 bridgehead atoms. The topological polar surface area (TPSA) is 55.1 Å². The number of aromatic nitrogens is 1. The number of para-hydroxylation sites is 2. The van der Waals surface area contributed by atoms with Crippen LogP contribution in [0.5, 0.6) is 0 Å². The first kappa shape index (κ1) is 22.1. The zero-order valence-electron chi connectivity index (χ0n) is 18.3. The summed E-state index contributed by atoms with van der Waals surface area (Å²) in [4.78, 5) is 18.2. The lowest BCUT2D eigenvalue weighted by atomic mass is 9.84. The van der Waals surface area contributed by atoms with Crippen LogP contribution in [0.4, 0.5) is 10.1 Å². The molecule has 0 aliphatic carbocycles. The summed E-state index contributed by atoms with van der Waals surface area (Å²) < 4.78 is 20.9. The van der Waals surface area contributed by atoms with Gasteiger partial charge in [0.15, 0.2) is 5.58 Å². The van der Waals surface area contributed by atoms with E-state index >= 15 is 4.39 Å². The van der Waals surface area contributed by atoms with Crippen LogP contribution in [0, 0.1) is 5.82 Å². The first-order valence-corrected chi connectivity index (χ1v) is 11.5. The third-order valence-corrected chi connectivity index (χ3v) is 6.25. The molecule has 0 unspecified atom stereocenters. The molecule has 4 aromatic rings. The van der Waals surface area contributed by atoms with Gasteiger partial charge in [0.05, 0.1) is 11.8 Å². The number of hydrogen-bond donors (Lipinski definition) is 1. The normalized spacial score (nSPS) is 11.6. The summed E-state index contributed by atoms with van der Waals surface area (Å²) in [5, 5.41) is 2.79. The van der Waals surface area contributed by atoms with E-state index in [4.69, 9.17) is 4.42 Å². The van der Waals surface area contributed by atoms with E-state index in [-0.39, 0.29) is 12.3 Å². The number of anilines is 1. The Bertz CT molecular complexity index is 1220. The molecule has 164 valence electrons. The molecule has 0 atom stereocenters. The van der Waals surface area contributed by atoms with E-state index < -0.39 is 11.2 Å².